The number of para-hydroxylation sites is 2. The van der Waals surface area contributed by atoms with Gasteiger partial charge in [0.05, 0.1) is 24.1 Å². The number of carbonyl (C=O) groups is 3. The van der Waals surface area contributed by atoms with E-state index in [0.717, 1.165) is 4.90 Å². The standard InChI is InChI=1S/C24H22N2O5S/c1-30-24(29)20-12-5-6-13-21(20)26-23(28)16-32-19-11-7-8-17(14-19)25-22(27)15-31-18-9-3-2-4-10-18/h2-14H,15-16H2,1H3,(H,25,27)(H,26,28). The van der Waals surface area contributed by atoms with Gasteiger partial charge in [-0.2, -0.15) is 0 Å². The molecular formula is C24H22N2O5S. The van der Waals surface area contributed by atoms with Crippen LogP contribution in [0.1, 0.15) is 10.4 Å². The number of benzene rings is 3. The number of ether oxygens (including phenoxy) is 2. The van der Waals surface area contributed by atoms with E-state index < -0.39 is 5.97 Å². The fourth-order valence-electron chi connectivity index (χ4n) is 2.74. The fraction of sp³-hybridized carbons (Fsp3) is 0.125. The number of thioether (sulfide) groups is 1. The van der Waals surface area contributed by atoms with Crippen molar-refractivity contribution in [3.05, 3.63) is 84.4 Å². The van der Waals surface area contributed by atoms with Gasteiger partial charge in [-0.25, -0.2) is 4.79 Å². The Morgan fingerprint density at radius 1 is 0.844 bits per heavy atom. The van der Waals surface area contributed by atoms with Gasteiger partial charge < -0.3 is 20.1 Å². The van der Waals surface area contributed by atoms with Crippen molar-refractivity contribution < 1.29 is 23.9 Å². The van der Waals surface area contributed by atoms with Crippen LogP contribution in [0.5, 0.6) is 5.75 Å². The van der Waals surface area contributed by atoms with E-state index in [1.54, 1.807) is 54.6 Å². The molecule has 8 heteroatoms. The Morgan fingerprint density at radius 3 is 2.38 bits per heavy atom. The quantitative estimate of drug-likeness (QED) is 0.375. The summed E-state index contributed by atoms with van der Waals surface area (Å²) in [6.07, 6.45) is 0. The summed E-state index contributed by atoms with van der Waals surface area (Å²) in [4.78, 5) is 37.1. The highest BCUT2D eigenvalue weighted by atomic mass is 32.2. The molecule has 0 heterocycles. The second kappa shape index (κ2) is 11.6. The Hall–Kier alpha value is -3.78. The summed E-state index contributed by atoms with van der Waals surface area (Å²) in [6, 6.07) is 22.9. The highest BCUT2D eigenvalue weighted by molar-refractivity contribution is 8.00. The highest BCUT2D eigenvalue weighted by Gasteiger charge is 2.13. The van der Waals surface area contributed by atoms with E-state index in [0.29, 0.717) is 17.1 Å². The molecule has 0 unspecified atom stereocenters. The first-order valence-corrected chi connectivity index (χ1v) is 10.7. The van der Waals surface area contributed by atoms with Crippen molar-refractivity contribution in [3.8, 4) is 5.75 Å². The largest absolute Gasteiger partial charge is 0.484 e. The lowest BCUT2D eigenvalue weighted by Crippen LogP contribution is -2.20. The first-order valence-electron chi connectivity index (χ1n) is 9.73. The van der Waals surface area contributed by atoms with Crippen LogP contribution in [-0.4, -0.2) is 37.3 Å². The van der Waals surface area contributed by atoms with Crippen molar-refractivity contribution in [3.63, 3.8) is 0 Å². The zero-order valence-corrected chi connectivity index (χ0v) is 18.2. The van der Waals surface area contributed by atoms with Gasteiger partial charge in [-0.3, -0.25) is 9.59 Å². The lowest BCUT2D eigenvalue weighted by atomic mass is 10.2. The highest BCUT2D eigenvalue weighted by Crippen LogP contribution is 2.23. The van der Waals surface area contributed by atoms with Crippen LogP contribution in [0.25, 0.3) is 0 Å². The van der Waals surface area contributed by atoms with Crippen LogP contribution in [0.2, 0.25) is 0 Å². The lowest BCUT2D eigenvalue weighted by Gasteiger charge is -2.10. The molecule has 7 nitrogen and oxygen atoms in total. The number of hydrogen-bond donors (Lipinski definition) is 2. The molecule has 0 aromatic heterocycles. The molecule has 2 amide bonds. The van der Waals surface area contributed by atoms with Gasteiger partial charge in [-0.15, -0.1) is 11.8 Å². The van der Waals surface area contributed by atoms with Gasteiger partial charge in [-0.1, -0.05) is 36.4 Å². The summed E-state index contributed by atoms with van der Waals surface area (Å²) in [5, 5.41) is 5.51. The summed E-state index contributed by atoms with van der Waals surface area (Å²) in [6.45, 7) is -0.108. The van der Waals surface area contributed by atoms with Gasteiger partial charge in [0, 0.05) is 10.6 Å². The van der Waals surface area contributed by atoms with Crippen LogP contribution < -0.4 is 15.4 Å². The molecule has 0 bridgehead atoms. The van der Waals surface area contributed by atoms with Gasteiger partial charge in [0.25, 0.3) is 5.91 Å². The molecule has 0 saturated heterocycles. The second-order valence-corrected chi connectivity index (χ2v) is 7.60. The van der Waals surface area contributed by atoms with Crippen LogP contribution in [0, 0.1) is 0 Å². The second-order valence-electron chi connectivity index (χ2n) is 6.55. The molecule has 3 rings (SSSR count). The molecular weight excluding hydrogens is 428 g/mol. The maximum absolute atomic E-state index is 12.4. The van der Waals surface area contributed by atoms with E-state index in [2.05, 4.69) is 10.6 Å². The third-order valence-corrected chi connectivity index (χ3v) is 5.20. The Bertz CT molecular complexity index is 1090. The van der Waals surface area contributed by atoms with E-state index in [9.17, 15) is 14.4 Å². The number of hydrogen-bond acceptors (Lipinski definition) is 6. The van der Waals surface area contributed by atoms with Crippen molar-refractivity contribution in [1.82, 2.24) is 0 Å². The molecule has 164 valence electrons. The van der Waals surface area contributed by atoms with E-state index in [1.807, 2.05) is 24.3 Å². The van der Waals surface area contributed by atoms with E-state index >= 15 is 0 Å². The van der Waals surface area contributed by atoms with Crippen molar-refractivity contribution in [1.29, 1.82) is 0 Å². The minimum absolute atomic E-state index is 0.108. The molecule has 3 aromatic carbocycles. The molecule has 0 fully saturated rings. The average molecular weight is 451 g/mol. The lowest BCUT2D eigenvalue weighted by molar-refractivity contribution is -0.118. The maximum Gasteiger partial charge on any atom is 0.339 e. The van der Waals surface area contributed by atoms with Crippen LogP contribution in [0.15, 0.2) is 83.8 Å². The first kappa shape index (κ1) is 22.9. The van der Waals surface area contributed by atoms with Crippen LogP contribution in [-0.2, 0) is 14.3 Å². The van der Waals surface area contributed by atoms with Gasteiger partial charge in [0.15, 0.2) is 6.61 Å². The van der Waals surface area contributed by atoms with E-state index in [1.165, 1.54) is 18.9 Å². The number of rotatable bonds is 9. The van der Waals surface area contributed by atoms with Gasteiger partial charge in [-0.05, 0) is 42.5 Å². The van der Waals surface area contributed by atoms with Crippen LogP contribution in [0.3, 0.4) is 0 Å². The molecule has 0 aliphatic heterocycles. The molecule has 0 atom stereocenters. The van der Waals surface area contributed by atoms with Gasteiger partial charge in [0.2, 0.25) is 5.91 Å². The Morgan fingerprint density at radius 2 is 1.59 bits per heavy atom. The number of carbonyl (C=O) groups excluding carboxylic acids is 3. The minimum Gasteiger partial charge on any atom is -0.484 e. The SMILES string of the molecule is COC(=O)c1ccccc1NC(=O)CSc1cccc(NC(=O)COc2ccccc2)c1. The summed E-state index contributed by atoms with van der Waals surface area (Å²) in [5.41, 5.74) is 1.29. The molecule has 32 heavy (non-hydrogen) atoms. The molecule has 0 saturated carbocycles. The zero-order chi connectivity index (χ0) is 22.8. The van der Waals surface area contributed by atoms with E-state index in [-0.39, 0.29) is 29.7 Å². The molecule has 2 N–H and O–H groups in total. The van der Waals surface area contributed by atoms with E-state index in [4.69, 9.17) is 9.47 Å². The topological polar surface area (TPSA) is 93.7 Å². The number of esters is 1. The zero-order valence-electron chi connectivity index (χ0n) is 17.4. The number of methoxy groups -OCH3 is 1. The predicted molar refractivity (Wildman–Crippen MR) is 124 cm³/mol. The predicted octanol–water partition coefficient (Wildman–Crippen LogP) is 4.22. The van der Waals surface area contributed by atoms with Crippen LogP contribution in [0.4, 0.5) is 11.4 Å². The Balaban J connectivity index is 1.51. The molecule has 0 radical (unpaired) electrons. The normalized spacial score (nSPS) is 10.2. The first-order chi connectivity index (χ1) is 15.5. The third-order valence-electron chi connectivity index (χ3n) is 4.21. The maximum atomic E-state index is 12.4. The average Bonchev–Trinajstić information content (AvgIpc) is 2.82. The number of amides is 2. The molecule has 0 spiro atoms. The third kappa shape index (κ3) is 6.88. The van der Waals surface area contributed by atoms with Crippen molar-refractivity contribution in [2.75, 3.05) is 30.1 Å². The van der Waals surface area contributed by atoms with Crippen molar-refractivity contribution >= 4 is 40.9 Å². The Kier molecular flexibility index (Phi) is 8.28. The number of nitrogens with one attached hydrogen (secondary N) is 2. The Labute approximate surface area is 190 Å². The van der Waals surface area contributed by atoms with Crippen molar-refractivity contribution in [2.24, 2.45) is 0 Å². The van der Waals surface area contributed by atoms with Gasteiger partial charge >= 0.3 is 5.97 Å². The molecule has 3 aromatic rings. The fourth-order valence-corrected chi connectivity index (χ4v) is 3.50. The molecule has 0 aliphatic rings. The summed E-state index contributed by atoms with van der Waals surface area (Å²) in [7, 11) is 1.29. The van der Waals surface area contributed by atoms with Gasteiger partial charge in [0.1, 0.15) is 5.75 Å². The summed E-state index contributed by atoms with van der Waals surface area (Å²) < 4.78 is 10.2. The summed E-state index contributed by atoms with van der Waals surface area (Å²) in [5.74, 6) is -0.325. The smallest absolute Gasteiger partial charge is 0.339 e. The molecule has 0 aliphatic carbocycles. The van der Waals surface area contributed by atoms with Crippen molar-refractivity contribution in [2.45, 2.75) is 4.90 Å². The summed E-state index contributed by atoms with van der Waals surface area (Å²) >= 11 is 1.31. The van der Waals surface area contributed by atoms with Crippen LogP contribution >= 0.6 is 11.8 Å². The number of anilines is 2. The minimum atomic E-state index is -0.520. The monoisotopic (exact) mass is 450 g/mol.